The summed E-state index contributed by atoms with van der Waals surface area (Å²) < 4.78 is 45.3. The summed E-state index contributed by atoms with van der Waals surface area (Å²) in [5, 5.41) is 0. The second-order valence-electron chi connectivity index (χ2n) is 5.26. The number of nitrogen functional groups attached to an aromatic ring is 1. The average molecular weight is 302 g/mol. The molecule has 0 aliphatic heterocycles. The molecule has 1 aromatic rings. The first-order chi connectivity index (χ1) is 9.38. The van der Waals surface area contributed by atoms with Crippen LogP contribution in [0.5, 0.6) is 0 Å². The van der Waals surface area contributed by atoms with Crippen LogP contribution in [0, 0.1) is 11.2 Å². The Labute approximate surface area is 118 Å². The highest BCUT2D eigenvalue weighted by molar-refractivity contribution is 7.89. The number of anilines is 1. The summed E-state index contributed by atoms with van der Waals surface area (Å²) in [5.74, 6) is -0.834. The Kier molecular flexibility index (Phi) is 4.31. The highest BCUT2D eigenvalue weighted by Gasteiger charge is 2.42. The summed E-state index contributed by atoms with van der Waals surface area (Å²) in [4.78, 5) is -0.366. The van der Waals surface area contributed by atoms with E-state index in [9.17, 15) is 12.8 Å². The first-order valence-electron chi connectivity index (χ1n) is 6.42. The van der Waals surface area contributed by atoms with Crippen LogP contribution in [0.2, 0.25) is 0 Å². The number of rotatable bonds is 7. The number of halogens is 1. The van der Waals surface area contributed by atoms with Crippen LogP contribution in [-0.2, 0) is 14.8 Å². The monoisotopic (exact) mass is 302 g/mol. The molecule has 0 unspecified atom stereocenters. The molecule has 1 aliphatic rings. The van der Waals surface area contributed by atoms with Gasteiger partial charge in [0.2, 0.25) is 10.0 Å². The molecule has 1 saturated carbocycles. The summed E-state index contributed by atoms with van der Waals surface area (Å²) >= 11 is 0. The lowest BCUT2D eigenvalue weighted by atomic mass is 10.0. The van der Waals surface area contributed by atoms with Crippen molar-refractivity contribution in [1.29, 1.82) is 0 Å². The largest absolute Gasteiger partial charge is 0.399 e. The van der Waals surface area contributed by atoms with E-state index in [-0.39, 0.29) is 16.0 Å². The van der Waals surface area contributed by atoms with Crippen molar-refractivity contribution in [2.24, 2.45) is 5.41 Å². The fourth-order valence-corrected chi connectivity index (χ4v) is 3.29. The molecule has 3 N–H and O–H groups in total. The lowest BCUT2D eigenvalue weighted by Gasteiger charge is -2.16. The Bertz CT molecular complexity index is 585. The molecular formula is C13H19FN2O3S. The van der Waals surface area contributed by atoms with Gasteiger partial charge in [0.15, 0.2) is 0 Å². The zero-order valence-electron chi connectivity index (χ0n) is 11.4. The van der Waals surface area contributed by atoms with E-state index < -0.39 is 15.8 Å². The molecular weight excluding hydrogens is 283 g/mol. The van der Waals surface area contributed by atoms with Gasteiger partial charge < -0.3 is 10.5 Å². The number of sulfonamides is 1. The van der Waals surface area contributed by atoms with Gasteiger partial charge in [0, 0.05) is 25.9 Å². The lowest BCUT2D eigenvalue weighted by molar-refractivity contribution is 0.173. The number of benzene rings is 1. The third-order valence-corrected chi connectivity index (χ3v) is 5.11. The van der Waals surface area contributed by atoms with E-state index in [1.807, 2.05) is 0 Å². The van der Waals surface area contributed by atoms with Crippen LogP contribution in [0.4, 0.5) is 10.1 Å². The molecule has 0 saturated heterocycles. The van der Waals surface area contributed by atoms with Crippen LogP contribution in [0.1, 0.15) is 19.3 Å². The summed E-state index contributed by atoms with van der Waals surface area (Å²) in [6.45, 7) is 0.903. The van der Waals surface area contributed by atoms with Crippen molar-refractivity contribution < 1.29 is 17.5 Å². The van der Waals surface area contributed by atoms with Gasteiger partial charge in [-0.05, 0) is 42.9 Å². The van der Waals surface area contributed by atoms with Crippen molar-refractivity contribution >= 4 is 15.7 Å². The molecule has 7 heteroatoms. The Hall–Kier alpha value is -1.18. The molecule has 1 fully saturated rings. The summed E-state index contributed by atoms with van der Waals surface area (Å²) in [5.41, 5.74) is 5.57. The van der Waals surface area contributed by atoms with Crippen LogP contribution in [0.15, 0.2) is 23.1 Å². The van der Waals surface area contributed by atoms with E-state index in [0.29, 0.717) is 13.2 Å². The van der Waals surface area contributed by atoms with Gasteiger partial charge in [-0.3, -0.25) is 0 Å². The maximum absolute atomic E-state index is 13.7. The predicted molar refractivity (Wildman–Crippen MR) is 74.2 cm³/mol. The maximum atomic E-state index is 13.7. The Morgan fingerprint density at radius 3 is 2.70 bits per heavy atom. The van der Waals surface area contributed by atoms with Crippen LogP contribution in [0.25, 0.3) is 0 Å². The van der Waals surface area contributed by atoms with E-state index in [2.05, 4.69) is 4.72 Å². The number of hydrogen-bond acceptors (Lipinski definition) is 4. The van der Waals surface area contributed by atoms with Gasteiger partial charge >= 0.3 is 0 Å². The molecule has 0 bridgehead atoms. The molecule has 1 aromatic carbocycles. The summed E-state index contributed by atoms with van der Waals surface area (Å²) in [6, 6.07) is 3.56. The Morgan fingerprint density at radius 1 is 1.45 bits per heavy atom. The molecule has 1 aliphatic carbocycles. The second-order valence-corrected chi connectivity index (χ2v) is 6.99. The van der Waals surface area contributed by atoms with Crippen molar-refractivity contribution in [3.8, 4) is 0 Å². The minimum Gasteiger partial charge on any atom is -0.399 e. The number of ether oxygens (including phenoxy) is 1. The van der Waals surface area contributed by atoms with E-state index in [1.165, 1.54) is 12.1 Å². The first-order valence-corrected chi connectivity index (χ1v) is 7.91. The zero-order chi connectivity index (χ0) is 14.8. The van der Waals surface area contributed by atoms with Gasteiger partial charge in [-0.1, -0.05) is 0 Å². The molecule has 112 valence electrons. The molecule has 0 radical (unpaired) electrons. The normalized spacial score (nSPS) is 17.1. The highest BCUT2D eigenvalue weighted by Crippen LogP contribution is 2.48. The quantitative estimate of drug-likeness (QED) is 0.748. The van der Waals surface area contributed by atoms with Gasteiger partial charge in [0.25, 0.3) is 0 Å². The molecule has 20 heavy (non-hydrogen) atoms. The van der Waals surface area contributed by atoms with Crippen molar-refractivity contribution in [2.45, 2.75) is 24.2 Å². The van der Waals surface area contributed by atoms with Crippen molar-refractivity contribution in [1.82, 2.24) is 4.72 Å². The molecule has 2 rings (SSSR count). The molecule has 0 amide bonds. The SMILES string of the molecule is COCCC1(CNS(=O)(=O)c2ccc(N)cc2F)CC1. The Balaban J connectivity index is 2.04. The van der Waals surface area contributed by atoms with Gasteiger partial charge in [0.1, 0.15) is 10.7 Å². The van der Waals surface area contributed by atoms with Crippen molar-refractivity contribution in [3.63, 3.8) is 0 Å². The standard InChI is InChI=1S/C13H19FN2O3S/c1-19-7-6-13(4-5-13)9-16-20(17,18)12-3-2-10(15)8-11(12)14/h2-3,8,16H,4-7,9,15H2,1H3. The minimum absolute atomic E-state index is 0.0344. The molecule has 0 heterocycles. The fourth-order valence-electron chi connectivity index (χ4n) is 2.07. The summed E-state index contributed by atoms with van der Waals surface area (Å²) in [6.07, 6.45) is 2.72. The molecule has 0 atom stereocenters. The predicted octanol–water partition coefficient (Wildman–Crippen LogP) is 1.50. The smallest absolute Gasteiger partial charge is 0.243 e. The third kappa shape index (κ3) is 3.47. The average Bonchev–Trinajstić information content (AvgIpc) is 3.14. The molecule has 0 spiro atoms. The van der Waals surface area contributed by atoms with Crippen molar-refractivity contribution in [3.05, 3.63) is 24.0 Å². The third-order valence-electron chi connectivity index (χ3n) is 3.68. The van der Waals surface area contributed by atoms with E-state index in [4.69, 9.17) is 10.5 Å². The highest BCUT2D eigenvalue weighted by atomic mass is 32.2. The van der Waals surface area contributed by atoms with Gasteiger partial charge in [-0.2, -0.15) is 0 Å². The van der Waals surface area contributed by atoms with Gasteiger partial charge in [-0.25, -0.2) is 17.5 Å². The number of nitrogens with two attached hydrogens (primary N) is 1. The topological polar surface area (TPSA) is 81.4 Å². The lowest BCUT2D eigenvalue weighted by Crippen LogP contribution is -2.31. The van der Waals surface area contributed by atoms with Crippen molar-refractivity contribution in [2.75, 3.05) is 26.0 Å². The first kappa shape index (κ1) is 15.2. The second kappa shape index (κ2) is 5.67. The van der Waals surface area contributed by atoms with Gasteiger partial charge in [-0.15, -0.1) is 0 Å². The minimum atomic E-state index is -3.85. The van der Waals surface area contributed by atoms with Crippen LogP contribution < -0.4 is 10.5 Å². The van der Waals surface area contributed by atoms with Crippen LogP contribution in [-0.4, -0.2) is 28.7 Å². The number of methoxy groups -OCH3 is 1. The van der Waals surface area contributed by atoms with E-state index >= 15 is 0 Å². The van der Waals surface area contributed by atoms with Crippen LogP contribution in [0.3, 0.4) is 0 Å². The van der Waals surface area contributed by atoms with E-state index in [1.54, 1.807) is 7.11 Å². The van der Waals surface area contributed by atoms with Gasteiger partial charge in [0.05, 0.1) is 0 Å². The fraction of sp³-hybridized carbons (Fsp3) is 0.538. The molecule has 0 aromatic heterocycles. The van der Waals surface area contributed by atoms with E-state index in [0.717, 1.165) is 25.3 Å². The summed E-state index contributed by atoms with van der Waals surface area (Å²) in [7, 11) is -2.23. The number of hydrogen-bond donors (Lipinski definition) is 2. The maximum Gasteiger partial charge on any atom is 0.243 e. The molecule has 5 nitrogen and oxygen atoms in total. The van der Waals surface area contributed by atoms with Crippen LogP contribution >= 0.6 is 0 Å². The zero-order valence-corrected chi connectivity index (χ0v) is 12.2. The number of nitrogens with one attached hydrogen (secondary N) is 1. The Morgan fingerprint density at radius 2 is 2.15 bits per heavy atom.